The van der Waals surface area contributed by atoms with Gasteiger partial charge in [-0.2, -0.15) is 13.2 Å². The van der Waals surface area contributed by atoms with Crippen LogP contribution in [-0.2, 0) is 13.0 Å². The van der Waals surface area contributed by atoms with Crippen LogP contribution in [0.3, 0.4) is 0 Å². The molecule has 2 saturated carbocycles. The Morgan fingerprint density at radius 1 is 0.702 bits per heavy atom. The Kier molecular flexibility index (Phi) is 20.3. The van der Waals surface area contributed by atoms with Gasteiger partial charge in [0.2, 0.25) is 0 Å². The van der Waals surface area contributed by atoms with Crippen molar-refractivity contribution in [3.8, 4) is 0 Å². The number of halogens is 3. The van der Waals surface area contributed by atoms with E-state index in [-0.39, 0.29) is 0 Å². The molecule has 0 atom stereocenters. The van der Waals surface area contributed by atoms with Gasteiger partial charge >= 0.3 is 6.18 Å². The van der Waals surface area contributed by atoms with Crippen molar-refractivity contribution in [2.24, 2.45) is 0 Å². The SMILES string of the molecule is CCCCCCC.CCCN(CCC)CCCCCCCCCn1c(CC)c(C)c2c3c(ccc21)NC(=C1CCC1)C=C3C(F)(F)F.c1ccc(C2CCC2)cc1. The number of aryl methyl sites for hydroxylation is 2. The molecule has 57 heavy (non-hydrogen) atoms. The van der Waals surface area contributed by atoms with E-state index in [4.69, 9.17) is 0 Å². The first-order chi connectivity index (χ1) is 27.7. The van der Waals surface area contributed by atoms with Crippen LogP contribution in [0.4, 0.5) is 18.9 Å². The fourth-order valence-electron chi connectivity index (χ4n) is 8.82. The molecule has 2 fully saturated rings. The number of anilines is 1. The summed E-state index contributed by atoms with van der Waals surface area (Å²) in [4.78, 5) is 2.60. The van der Waals surface area contributed by atoms with E-state index in [9.17, 15) is 13.2 Å². The molecular formula is C51H78F3N3. The molecule has 0 bridgehead atoms. The zero-order valence-corrected chi connectivity index (χ0v) is 36.9. The molecule has 0 spiro atoms. The first-order valence-electron chi connectivity index (χ1n) is 23.4. The Bertz CT molecular complexity index is 1640. The summed E-state index contributed by atoms with van der Waals surface area (Å²) < 4.78 is 45.5. The van der Waals surface area contributed by atoms with Crippen LogP contribution >= 0.6 is 0 Å². The van der Waals surface area contributed by atoms with Crippen LogP contribution in [0, 0.1) is 6.92 Å². The van der Waals surface area contributed by atoms with E-state index in [1.807, 2.05) is 19.1 Å². The molecule has 1 aromatic heterocycles. The fourth-order valence-corrected chi connectivity index (χ4v) is 8.82. The minimum Gasteiger partial charge on any atom is -0.355 e. The lowest BCUT2D eigenvalue weighted by Crippen LogP contribution is -2.26. The molecule has 2 aliphatic carbocycles. The fraction of sp³-hybridized carbons (Fsp3) is 0.647. The molecule has 3 aromatic rings. The molecule has 3 aliphatic rings. The number of benzene rings is 2. The molecule has 0 amide bonds. The third-order valence-electron chi connectivity index (χ3n) is 12.4. The number of fused-ring (bicyclic) bond motifs is 3. The molecular weight excluding hydrogens is 712 g/mol. The second-order valence-corrected chi connectivity index (χ2v) is 16.9. The van der Waals surface area contributed by atoms with Crippen molar-refractivity contribution in [1.29, 1.82) is 0 Å². The van der Waals surface area contributed by atoms with E-state index in [1.165, 1.54) is 128 Å². The summed E-state index contributed by atoms with van der Waals surface area (Å²) in [7, 11) is 0. The molecule has 0 radical (unpaired) electrons. The van der Waals surface area contributed by atoms with Crippen LogP contribution in [-0.4, -0.2) is 35.3 Å². The normalized spacial score (nSPS) is 15.2. The smallest absolute Gasteiger partial charge is 0.355 e. The van der Waals surface area contributed by atoms with Crippen molar-refractivity contribution in [3.63, 3.8) is 0 Å². The topological polar surface area (TPSA) is 20.2 Å². The predicted molar refractivity (Wildman–Crippen MR) is 241 cm³/mol. The molecule has 2 aromatic carbocycles. The van der Waals surface area contributed by atoms with E-state index in [1.54, 1.807) is 0 Å². The maximum Gasteiger partial charge on any atom is 0.417 e. The minimum atomic E-state index is -4.40. The average Bonchev–Trinajstić information content (AvgIpc) is 3.43. The third kappa shape index (κ3) is 13.8. The van der Waals surface area contributed by atoms with E-state index in [0.29, 0.717) is 16.9 Å². The monoisotopic (exact) mass is 790 g/mol. The molecule has 1 aliphatic heterocycles. The van der Waals surface area contributed by atoms with E-state index < -0.39 is 11.7 Å². The van der Waals surface area contributed by atoms with Crippen molar-refractivity contribution < 1.29 is 13.2 Å². The highest BCUT2D eigenvalue weighted by atomic mass is 19.4. The molecule has 0 saturated heterocycles. The Morgan fingerprint density at radius 2 is 1.32 bits per heavy atom. The summed E-state index contributed by atoms with van der Waals surface area (Å²) in [5.41, 5.74) is 6.80. The molecule has 1 N–H and O–H groups in total. The van der Waals surface area contributed by atoms with Crippen molar-refractivity contribution in [1.82, 2.24) is 9.47 Å². The summed E-state index contributed by atoms with van der Waals surface area (Å²) in [5, 5.41) is 4.12. The van der Waals surface area contributed by atoms with Crippen molar-refractivity contribution in [2.75, 3.05) is 25.0 Å². The van der Waals surface area contributed by atoms with E-state index >= 15 is 0 Å². The number of aromatic nitrogens is 1. The van der Waals surface area contributed by atoms with E-state index in [0.717, 1.165) is 78.7 Å². The molecule has 0 unspecified atom stereocenters. The number of nitrogens with one attached hydrogen (secondary N) is 1. The lowest BCUT2D eigenvalue weighted by Gasteiger charge is -2.28. The largest absolute Gasteiger partial charge is 0.417 e. The van der Waals surface area contributed by atoms with Gasteiger partial charge in [-0.15, -0.1) is 0 Å². The first kappa shape index (κ1) is 46.7. The number of hydrogen-bond donors (Lipinski definition) is 1. The van der Waals surface area contributed by atoms with Gasteiger partial charge < -0.3 is 14.8 Å². The van der Waals surface area contributed by atoms with Gasteiger partial charge in [0.25, 0.3) is 0 Å². The number of nitrogens with zero attached hydrogens (tertiary/aromatic N) is 2. The number of unbranched alkanes of at least 4 members (excludes halogenated alkanes) is 10. The molecule has 3 nitrogen and oxygen atoms in total. The summed E-state index contributed by atoms with van der Waals surface area (Å²) in [6.45, 7) is 17.7. The van der Waals surface area contributed by atoms with Gasteiger partial charge in [-0.3, -0.25) is 0 Å². The molecule has 2 heterocycles. The summed E-state index contributed by atoms with van der Waals surface area (Å²) in [5.74, 6) is 0.890. The molecule has 318 valence electrons. The predicted octanol–water partition coefficient (Wildman–Crippen LogP) is 16.1. The van der Waals surface area contributed by atoms with Gasteiger partial charge in [0.1, 0.15) is 0 Å². The highest BCUT2D eigenvalue weighted by Crippen LogP contribution is 2.48. The van der Waals surface area contributed by atoms with Crippen LogP contribution in [0.2, 0.25) is 0 Å². The summed E-state index contributed by atoms with van der Waals surface area (Å²) >= 11 is 0. The average molecular weight is 790 g/mol. The Balaban J connectivity index is 0.000000346. The lowest BCUT2D eigenvalue weighted by atomic mass is 9.80. The standard InChI is InChI=1S/C34H50F3N3.C10H12.C7H16/c1-5-20-39(21-6-2)22-13-11-9-8-10-12-14-23-40-30(7-3)25(4)32-31(40)19-18-28-33(32)27(34(35,36)37)24-29(38-28)26-16-15-17-26;1-2-5-9(6-3-1)10-7-4-8-10;1-3-5-7-6-4-2/h18-19,24,38H,5-17,20-23H2,1-4H3;1-3,5-6,10H,4,7-8H2;3-7H2,1-2H3. The minimum absolute atomic E-state index is 0.330. The number of hydrogen-bond acceptors (Lipinski definition) is 2. The van der Waals surface area contributed by atoms with Crippen molar-refractivity contribution in [3.05, 3.63) is 82.2 Å². The van der Waals surface area contributed by atoms with Gasteiger partial charge in [-0.25, -0.2) is 0 Å². The van der Waals surface area contributed by atoms with Crippen LogP contribution < -0.4 is 5.32 Å². The van der Waals surface area contributed by atoms with Gasteiger partial charge in [-0.05, 0) is 132 Å². The lowest BCUT2D eigenvalue weighted by molar-refractivity contribution is -0.0688. The highest BCUT2D eigenvalue weighted by molar-refractivity contribution is 6.04. The van der Waals surface area contributed by atoms with Crippen LogP contribution in [0.25, 0.3) is 16.5 Å². The third-order valence-corrected chi connectivity index (χ3v) is 12.4. The number of allylic oxidation sites excluding steroid dienone is 3. The quantitative estimate of drug-likeness (QED) is 0.115. The zero-order valence-electron chi connectivity index (χ0n) is 36.9. The number of alkyl halides is 3. The maximum absolute atomic E-state index is 14.4. The van der Waals surface area contributed by atoms with Crippen molar-refractivity contribution in [2.45, 2.75) is 195 Å². The Labute approximate surface area is 346 Å². The van der Waals surface area contributed by atoms with E-state index in [2.05, 4.69) is 79.7 Å². The molecule has 6 rings (SSSR count). The Hall–Kier alpha value is -2.99. The zero-order chi connectivity index (χ0) is 41.0. The highest BCUT2D eigenvalue weighted by Gasteiger charge is 2.40. The summed E-state index contributed by atoms with van der Waals surface area (Å²) in [6.07, 6.45) is 22.9. The van der Waals surface area contributed by atoms with Crippen LogP contribution in [0.5, 0.6) is 0 Å². The maximum atomic E-state index is 14.4. The Morgan fingerprint density at radius 3 is 1.84 bits per heavy atom. The van der Waals surface area contributed by atoms with Crippen molar-refractivity contribution >= 4 is 22.2 Å². The van der Waals surface area contributed by atoms with Crippen LogP contribution in [0.15, 0.2) is 59.8 Å². The summed E-state index contributed by atoms with van der Waals surface area (Å²) in [6, 6.07) is 14.7. The van der Waals surface area contributed by atoms with Gasteiger partial charge in [0, 0.05) is 40.1 Å². The number of rotatable bonds is 20. The van der Waals surface area contributed by atoms with Gasteiger partial charge in [-0.1, -0.05) is 136 Å². The first-order valence-corrected chi connectivity index (χ1v) is 23.4. The van der Waals surface area contributed by atoms with Crippen LogP contribution in [0.1, 0.15) is 191 Å². The molecule has 6 heteroatoms. The van der Waals surface area contributed by atoms with Gasteiger partial charge in [0.05, 0.1) is 5.57 Å². The van der Waals surface area contributed by atoms with Gasteiger partial charge in [0.15, 0.2) is 0 Å². The second kappa shape index (κ2) is 24.8. The second-order valence-electron chi connectivity index (χ2n) is 16.9.